The molecule has 3 aromatic heterocycles. The van der Waals surface area contributed by atoms with Gasteiger partial charge in [0.2, 0.25) is 0 Å². The summed E-state index contributed by atoms with van der Waals surface area (Å²) < 4.78 is 7.62. The Morgan fingerprint density at radius 1 is 0.219 bits per heavy atom. The highest BCUT2D eigenvalue weighted by molar-refractivity contribution is 7.00. The fourth-order valence-electron chi connectivity index (χ4n) is 15.8. The monoisotopic (exact) mass is 1250 g/mol. The first-order chi connectivity index (χ1) is 45.4. The smallest absolute Gasteiger partial charge is 0.252 e. The molecule has 5 heterocycles. The van der Waals surface area contributed by atoms with Crippen LogP contribution < -0.4 is 26.2 Å². The highest BCUT2D eigenvalue weighted by Gasteiger charge is 2.45. The summed E-state index contributed by atoms with van der Waals surface area (Å²) in [6, 6.07) is 85.5. The van der Waals surface area contributed by atoms with Crippen molar-refractivity contribution in [2.24, 2.45) is 0 Å². The van der Waals surface area contributed by atoms with E-state index in [4.69, 9.17) is 0 Å². The van der Waals surface area contributed by atoms with Gasteiger partial charge in [0.15, 0.2) is 0 Å². The molecular weight excluding hydrogens is 1160 g/mol. The van der Waals surface area contributed by atoms with Gasteiger partial charge in [-0.25, -0.2) is 0 Å². The molecule has 2 aliphatic heterocycles. The Hall–Kier alpha value is -9.52. The van der Waals surface area contributed by atoms with Crippen LogP contribution in [0.5, 0.6) is 0 Å². The van der Waals surface area contributed by atoms with Crippen LogP contribution in [-0.2, 0) is 32.5 Å². The second-order valence-corrected chi connectivity index (χ2v) is 34.1. The minimum Gasteiger partial charge on any atom is -0.311 e. The average Bonchev–Trinajstić information content (AvgIpc) is 0.753. The maximum atomic E-state index is 2.70. The lowest BCUT2D eigenvalue weighted by molar-refractivity contribution is 0.568. The van der Waals surface area contributed by atoms with E-state index in [9.17, 15) is 0 Å². The molecule has 16 rings (SSSR count). The van der Waals surface area contributed by atoms with Crippen molar-refractivity contribution in [3.8, 4) is 17.1 Å². The molecule has 0 amide bonds. The lowest BCUT2D eigenvalue weighted by Gasteiger charge is -2.45. The third kappa shape index (κ3) is 9.69. The fourth-order valence-corrected chi connectivity index (χ4v) is 15.8. The van der Waals surface area contributed by atoms with Crippen molar-refractivity contribution >= 4 is 123 Å². The number of fused-ring (bicyclic) bond motifs is 13. The van der Waals surface area contributed by atoms with E-state index in [2.05, 4.69) is 367 Å². The van der Waals surface area contributed by atoms with Crippen molar-refractivity contribution in [2.75, 3.05) is 9.80 Å². The second-order valence-electron chi connectivity index (χ2n) is 34.1. The Kier molecular flexibility index (Phi) is 13.4. The third-order valence-electron chi connectivity index (χ3n) is 21.3. The van der Waals surface area contributed by atoms with Crippen molar-refractivity contribution < 1.29 is 0 Å². The van der Waals surface area contributed by atoms with Crippen molar-refractivity contribution in [3.05, 3.63) is 252 Å². The zero-order valence-electron chi connectivity index (χ0n) is 59.6. The number of benzene rings is 11. The van der Waals surface area contributed by atoms with Gasteiger partial charge in [-0.15, -0.1) is 0 Å². The van der Waals surface area contributed by atoms with Crippen molar-refractivity contribution in [1.29, 1.82) is 0 Å². The van der Waals surface area contributed by atoms with E-state index in [1.807, 2.05) is 0 Å². The number of nitrogens with zero attached hydrogens (tertiary/aromatic N) is 5. The molecule has 14 aromatic rings. The van der Waals surface area contributed by atoms with Crippen LogP contribution in [0.3, 0.4) is 0 Å². The molecule has 0 aliphatic carbocycles. The lowest BCUT2D eigenvalue weighted by atomic mass is 9.33. The average molecular weight is 1250 g/mol. The molecule has 5 nitrogen and oxygen atoms in total. The van der Waals surface area contributed by atoms with Gasteiger partial charge in [-0.3, -0.25) is 0 Å². The second kappa shape index (κ2) is 21.0. The molecule has 0 atom stereocenters. The first kappa shape index (κ1) is 61.4. The molecule has 0 N–H and O–H groups in total. The van der Waals surface area contributed by atoms with E-state index in [0.717, 1.165) is 28.4 Å². The number of anilines is 6. The van der Waals surface area contributed by atoms with Crippen LogP contribution in [0, 0.1) is 0 Å². The van der Waals surface area contributed by atoms with Gasteiger partial charge in [0.1, 0.15) is 0 Å². The van der Waals surface area contributed by atoms with E-state index in [1.54, 1.807) is 0 Å². The van der Waals surface area contributed by atoms with Crippen LogP contribution in [0.2, 0.25) is 0 Å². The molecule has 0 saturated carbocycles. The maximum absolute atomic E-state index is 2.70. The van der Waals surface area contributed by atoms with Crippen molar-refractivity contribution in [3.63, 3.8) is 0 Å². The van der Waals surface area contributed by atoms with Crippen molar-refractivity contribution in [1.82, 2.24) is 13.7 Å². The Morgan fingerprint density at radius 2 is 0.500 bits per heavy atom. The number of rotatable bonds is 5. The standard InChI is InChI=1S/C90H90BN5/c1-85(2,3)55-35-41-78-70(49-55)71-50-56(86(4,5)6)36-42-79(71)93(78)62-38-40-73-81(52-62)96(64-47-59(89(13,14)15)44-60(48-64)90(16,17)18)83-54-65(94-76-33-25-21-29-68(76)69-30-22-26-34-77(69)94)53-82-84(83)91(73)72-39-37-61(92-74-31-23-19-27-66(74)67-28-20-24-32-75(67)92)51-80(72)95(82)63-45-57(87(7,8)9)43-58(46-63)88(10,11)12/h19-54H,1-18H3. The molecule has 478 valence electrons. The Labute approximate surface area is 568 Å². The normalized spacial score (nSPS) is 13.9. The van der Waals surface area contributed by atoms with Crippen LogP contribution in [0.25, 0.3) is 82.5 Å². The number of hydrogen-bond donors (Lipinski definition) is 0. The minimum absolute atomic E-state index is 0.0330. The zero-order chi connectivity index (χ0) is 67.2. The summed E-state index contributed by atoms with van der Waals surface area (Å²) in [5, 5.41) is 7.52. The van der Waals surface area contributed by atoms with Crippen LogP contribution in [-0.4, -0.2) is 20.4 Å². The number of hydrogen-bond acceptors (Lipinski definition) is 2. The molecular formula is C90H90BN5. The molecule has 2 aliphatic rings. The summed E-state index contributed by atoms with van der Waals surface area (Å²) >= 11 is 0. The van der Waals surface area contributed by atoms with Gasteiger partial charge >= 0.3 is 0 Å². The minimum atomic E-state index is -0.177. The van der Waals surface area contributed by atoms with Gasteiger partial charge in [-0.1, -0.05) is 234 Å². The number of para-hydroxylation sites is 4. The van der Waals surface area contributed by atoms with E-state index >= 15 is 0 Å². The Bertz CT molecular complexity index is 5320. The summed E-state index contributed by atoms with van der Waals surface area (Å²) in [4.78, 5) is 5.38. The predicted octanol–water partition coefficient (Wildman–Crippen LogP) is 22.8. The van der Waals surface area contributed by atoms with E-state index in [0.29, 0.717) is 0 Å². The predicted molar refractivity (Wildman–Crippen MR) is 416 cm³/mol. The topological polar surface area (TPSA) is 21.3 Å². The Morgan fingerprint density at radius 3 is 0.812 bits per heavy atom. The zero-order valence-corrected chi connectivity index (χ0v) is 59.6. The lowest BCUT2D eigenvalue weighted by Crippen LogP contribution is -2.61. The van der Waals surface area contributed by atoms with Gasteiger partial charge < -0.3 is 23.5 Å². The van der Waals surface area contributed by atoms with E-state index in [-0.39, 0.29) is 39.2 Å². The molecule has 0 spiro atoms. The molecule has 6 heteroatoms. The van der Waals surface area contributed by atoms with Crippen LogP contribution in [0.4, 0.5) is 34.1 Å². The van der Waals surface area contributed by atoms with Gasteiger partial charge in [0.25, 0.3) is 6.71 Å². The summed E-state index contributed by atoms with van der Waals surface area (Å²) in [6.07, 6.45) is 0. The molecule has 0 radical (unpaired) electrons. The largest absolute Gasteiger partial charge is 0.311 e. The molecule has 0 fully saturated rings. The first-order valence-corrected chi connectivity index (χ1v) is 34.9. The van der Waals surface area contributed by atoms with Gasteiger partial charge in [0, 0.05) is 77.8 Å². The summed E-state index contributed by atoms with van der Waals surface area (Å²) in [5.41, 5.74) is 28.5. The maximum Gasteiger partial charge on any atom is 0.252 e. The highest BCUT2D eigenvalue weighted by Crippen LogP contribution is 2.51. The van der Waals surface area contributed by atoms with Gasteiger partial charge in [-0.05, 0) is 191 Å². The molecule has 0 bridgehead atoms. The SMILES string of the molecule is CC(C)(C)c1cc(N2c3cc(-n4c5ccccc5c5ccccc54)ccc3B3c4ccc(-n5c6ccc(C(C)(C)C)cc6c6cc(C(C)(C)C)ccc65)cc4N(c4cc(C(C)(C)C)cc(C(C)(C)C)c4)c4cc(-n5c6ccccc6c6ccccc65)cc2c43)cc(C(C)(C)C)c1. The van der Waals surface area contributed by atoms with E-state index in [1.165, 1.54) is 138 Å². The summed E-state index contributed by atoms with van der Waals surface area (Å²) in [7, 11) is 0. The highest BCUT2D eigenvalue weighted by atomic mass is 15.2. The summed E-state index contributed by atoms with van der Waals surface area (Å²) in [5.74, 6) is 0. The first-order valence-electron chi connectivity index (χ1n) is 34.9. The quantitative estimate of drug-likeness (QED) is 0.160. The molecule has 0 saturated heterocycles. The van der Waals surface area contributed by atoms with Crippen LogP contribution >= 0.6 is 0 Å². The molecule has 11 aromatic carbocycles. The van der Waals surface area contributed by atoms with Crippen LogP contribution in [0.1, 0.15) is 158 Å². The third-order valence-corrected chi connectivity index (χ3v) is 21.3. The van der Waals surface area contributed by atoms with Crippen LogP contribution in [0.15, 0.2) is 218 Å². The fraction of sp³-hybridized carbons (Fsp3) is 0.267. The molecule has 96 heavy (non-hydrogen) atoms. The van der Waals surface area contributed by atoms with E-state index < -0.39 is 0 Å². The van der Waals surface area contributed by atoms with Gasteiger partial charge in [-0.2, -0.15) is 0 Å². The van der Waals surface area contributed by atoms with Crippen molar-refractivity contribution in [2.45, 2.75) is 157 Å². The number of aromatic nitrogens is 3. The van der Waals surface area contributed by atoms with Gasteiger partial charge in [0.05, 0.1) is 38.8 Å². The summed E-state index contributed by atoms with van der Waals surface area (Å²) in [6.45, 7) is 42.3. The Balaban J connectivity index is 1.08. The molecule has 0 unspecified atom stereocenters.